The quantitative estimate of drug-likeness (QED) is 0.170. The molecule has 278 valence electrons. The molecule has 2 aromatic heterocycles. The second kappa shape index (κ2) is 13.9. The molecule has 0 fully saturated rings. The number of aromatic nitrogens is 3. The minimum absolute atomic E-state index is 0.0626. The zero-order chi connectivity index (χ0) is 39.5. The Hall–Kier alpha value is -7.49. The van der Waals surface area contributed by atoms with Crippen molar-refractivity contribution in [3.05, 3.63) is 212 Å². The highest BCUT2D eigenvalue weighted by molar-refractivity contribution is 6.05. The van der Waals surface area contributed by atoms with Gasteiger partial charge in [-0.2, -0.15) is 0 Å². The van der Waals surface area contributed by atoms with Crippen LogP contribution in [0, 0.1) is 0 Å². The summed E-state index contributed by atoms with van der Waals surface area (Å²) in [6.07, 6.45) is 3.69. The van der Waals surface area contributed by atoms with Gasteiger partial charge in [-0.05, 0) is 114 Å². The molecule has 8 aromatic carbocycles. The summed E-state index contributed by atoms with van der Waals surface area (Å²) in [5.74, 6) is 0.698. The molecule has 0 saturated carbocycles. The highest BCUT2D eigenvalue weighted by atomic mass is 14.9. The molecule has 59 heavy (non-hydrogen) atoms. The number of fused-ring (bicyclic) bond motifs is 5. The van der Waals surface area contributed by atoms with Crippen molar-refractivity contribution in [1.82, 2.24) is 15.0 Å². The molecule has 10 aromatic rings. The van der Waals surface area contributed by atoms with Crippen LogP contribution in [0.5, 0.6) is 0 Å². The van der Waals surface area contributed by atoms with Crippen LogP contribution in [0.4, 0.5) is 0 Å². The van der Waals surface area contributed by atoms with Gasteiger partial charge in [-0.25, -0.2) is 9.97 Å². The molecular formula is C56H39N3. The SMILES string of the molecule is CC1(C)c2ccc(-c3cccc(-c4ccc(-c5cc(-c6ccc(-c7cccnc7)cc6)nc(-c6ccccc6)n5)c5ccccc45)c3)cc2-c2cc3ccccc3cc21. The Morgan fingerprint density at radius 2 is 0.966 bits per heavy atom. The highest BCUT2D eigenvalue weighted by Gasteiger charge is 2.35. The molecule has 0 atom stereocenters. The van der Waals surface area contributed by atoms with Crippen molar-refractivity contribution < 1.29 is 0 Å². The molecule has 3 nitrogen and oxygen atoms in total. The van der Waals surface area contributed by atoms with Gasteiger partial charge in [0.15, 0.2) is 5.82 Å². The summed E-state index contributed by atoms with van der Waals surface area (Å²) in [5, 5.41) is 4.90. The van der Waals surface area contributed by atoms with E-state index in [1.807, 2.05) is 30.5 Å². The van der Waals surface area contributed by atoms with Crippen molar-refractivity contribution >= 4 is 21.5 Å². The second-order valence-electron chi connectivity index (χ2n) is 16.1. The summed E-state index contributed by atoms with van der Waals surface area (Å²) in [4.78, 5) is 14.6. The Labute approximate surface area is 344 Å². The lowest BCUT2D eigenvalue weighted by Crippen LogP contribution is -2.14. The minimum atomic E-state index is -0.0626. The number of rotatable bonds is 6. The van der Waals surface area contributed by atoms with Crippen molar-refractivity contribution in [1.29, 1.82) is 0 Å². The molecule has 0 unspecified atom stereocenters. The fourth-order valence-electron chi connectivity index (χ4n) is 9.07. The zero-order valence-electron chi connectivity index (χ0n) is 32.9. The van der Waals surface area contributed by atoms with E-state index >= 15 is 0 Å². The number of pyridine rings is 1. The first-order chi connectivity index (χ1) is 29.0. The largest absolute Gasteiger partial charge is 0.264 e. The average molecular weight is 754 g/mol. The maximum absolute atomic E-state index is 5.22. The van der Waals surface area contributed by atoms with E-state index < -0.39 is 0 Å². The Morgan fingerprint density at radius 3 is 1.76 bits per heavy atom. The van der Waals surface area contributed by atoms with Gasteiger partial charge in [0.25, 0.3) is 0 Å². The molecule has 0 aliphatic heterocycles. The summed E-state index contributed by atoms with van der Waals surface area (Å²) in [6, 6.07) is 67.7. The van der Waals surface area contributed by atoms with Gasteiger partial charge >= 0.3 is 0 Å². The lowest BCUT2D eigenvalue weighted by Gasteiger charge is -2.22. The molecular weight excluding hydrogens is 715 g/mol. The summed E-state index contributed by atoms with van der Waals surface area (Å²) in [7, 11) is 0. The van der Waals surface area contributed by atoms with E-state index in [1.54, 1.807) is 6.20 Å². The molecule has 0 saturated heterocycles. The van der Waals surface area contributed by atoms with E-state index in [1.165, 1.54) is 60.7 Å². The Balaban J connectivity index is 0.998. The summed E-state index contributed by atoms with van der Waals surface area (Å²) in [5.41, 5.74) is 17.2. The third kappa shape index (κ3) is 6.02. The van der Waals surface area contributed by atoms with Gasteiger partial charge in [0.2, 0.25) is 0 Å². The summed E-state index contributed by atoms with van der Waals surface area (Å²) < 4.78 is 0. The van der Waals surface area contributed by atoms with Crippen LogP contribution in [0.1, 0.15) is 25.0 Å². The smallest absolute Gasteiger partial charge is 0.160 e. The van der Waals surface area contributed by atoms with Gasteiger partial charge in [-0.15, -0.1) is 0 Å². The van der Waals surface area contributed by atoms with Crippen molar-refractivity contribution in [3.8, 4) is 78.4 Å². The number of nitrogens with zero attached hydrogens (tertiary/aromatic N) is 3. The molecule has 3 heteroatoms. The van der Waals surface area contributed by atoms with E-state index in [0.717, 1.165) is 44.6 Å². The number of hydrogen-bond donors (Lipinski definition) is 0. The Kier molecular flexibility index (Phi) is 8.16. The number of benzene rings is 8. The normalized spacial score (nSPS) is 12.7. The van der Waals surface area contributed by atoms with Crippen LogP contribution in [0.25, 0.3) is 100.0 Å². The molecule has 0 N–H and O–H groups in total. The van der Waals surface area contributed by atoms with Gasteiger partial charge < -0.3 is 0 Å². The van der Waals surface area contributed by atoms with E-state index in [4.69, 9.17) is 9.97 Å². The van der Waals surface area contributed by atoms with Crippen molar-refractivity contribution in [2.75, 3.05) is 0 Å². The van der Waals surface area contributed by atoms with Gasteiger partial charge in [0.1, 0.15) is 0 Å². The highest BCUT2D eigenvalue weighted by Crippen LogP contribution is 2.51. The van der Waals surface area contributed by atoms with Crippen LogP contribution < -0.4 is 0 Å². The molecule has 0 amide bonds. The monoisotopic (exact) mass is 753 g/mol. The van der Waals surface area contributed by atoms with E-state index in [0.29, 0.717) is 5.82 Å². The molecule has 11 rings (SSSR count). The molecule has 2 heterocycles. The van der Waals surface area contributed by atoms with E-state index in [-0.39, 0.29) is 5.41 Å². The fraction of sp³-hybridized carbons (Fsp3) is 0.0536. The minimum Gasteiger partial charge on any atom is -0.264 e. The zero-order valence-corrected chi connectivity index (χ0v) is 32.9. The third-order valence-corrected chi connectivity index (χ3v) is 12.2. The van der Waals surface area contributed by atoms with Crippen LogP contribution in [0.15, 0.2) is 200 Å². The Morgan fingerprint density at radius 1 is 0.356 bits per heavy atom. The van der Waals surface area contributed by atoms with Crippen LogP contribution in [-0.4, -0.2) is 15.0 Å². The number of hydrogen-bond acceptors (Lipinski definition) is 3. The first-order valence-corrected chi connectivity index (χ1v) is 20.2. The molecule has 0 spiro atoms. The fourth-order valence-corrected chi connectivity index (χ4v) is 9.07. The molecule has 0 bridgehead atoms. The third-order valence-electron chi connectivity index (χ3n) is 12.2. The van der Waals surface area contributed by atoms with Crippen LogP contribution >= 0.6 is 0 Å². The second-order valence-corrected chi connectivity index (χ2v) is 16.1. The predicted molar refractivity (Wildman–Crippen MR) is 245 cm³/mol. The van der Waals surface area contributed by atoms with Crippen molar-refractivity contribution in [2.45, 2.75) is 19.3 Å². The van der Waals surface area contributed by atoms with Gasteiger partial charge in [-0.1, -0.05) is 166 Å². The van der Waals surface area contributed by atoms with Crippen molar-refractivity contribution in [3.63, 3.8) is 0 Å². The van der Waals surface area contributed by atoms with E-state index in [2.05, 4.69) is 183 Å². The van der Waals surface area contributed by atoms with Gasteiger partial charge in [0.05, 0.1) is 11.4 Å². The van der Waals surface area contributed by atoms with Crippen LogP contribution in [0.2, 0.25) is 0 Å². The van der Waals surface area contributed by atoms with Crippen LogP contribution in [0.3, 0.4) is 0 Å². The van der Waals surface area contributed by atoms with E-state index in [9.17, 15) is 0 Å². The van der Waals surface area contributed by atoms with Crippen molar-refractivity contribution in [2.24, 2.45) is 0 Å². The topological polar surface area (TPSA) is 38.7 Å². The summed E-state index contributed by atoms with van der Waals surface area (Å²) >= 11 is 0. The summed E-state index contributed by atoms with van der Waals surface area (Å²) in [6.45, 7) is 4.71. The lowest BCUT2D eigenvalue weighted by atomic mass is 9.81. The first kappa shape index (κ1) is 34.7. The molecule has 1 aliphatic carbocycles. The maximum Gasteiger partial charge on any atom is 0.160 e. The maximum atomic E-state index is 5.22. The lowest BCUT2D eigenvalue weighted by molar-refractivity contribution is 0.661. The molecule has 1 aliphatic rings. The first-order valence-electron chi connectivity index (χ1n) is 20.2. The standard InChI is InChI=1S/C56H39N3/c1-56(2)51-28-25-42(32-49(51)50-31-40-14-6-7-15-41(40)33-52(50)56)39-16-10-17-43(30-39)45-26-27-48(47-20-9-8-19-46(45)47)54-34-53(58-55(59-54)38-12-4-3-5-13-38)37-23-21-36(22-24-37)44-18-11-29-57-35-44/h3-35H,1-2H3. The molecule has 0 radical (unpaired) electrons. The predicted octanol–water partition coefficient (Wildman–Crippen LogP) is 14.5. The van der Waals surface area contributed by atoms with Gasteiger partial charge in [-0.3, -0.25) is 4.98 Å². The average Bonchev–Trinajstić information content (AvgIpc) is 3.52. The van der Waals surface area contributed by atoms with Crippen LogP contribution in [-0.2, 0) is 5.41 Å². The Bertz CT molecular complexity index is 3220. The van der Waals surface area contributed by atoms with Gasteiger partial charge in [0, 0.05) is 34.5 Å².